The van der Waals surface area contributed by atoms with Crippen molar-refractivity contribution in [3.05, 3.63) is 128 Å². The van der Waals surface area contributed by atoms with E-state index in [-0.39, 0.29) is 49.1 Å². The van der Waals surface area contributed by atoms with Gasteiger partial charge < -0.3 is 19.9 Å². The maximum absolute atomic E-state index is 14.3. The van der Waals surface area contributed by atoms with Crippen molar-refractivity contribution in [2.45, 2.75) is 45.6 Å². The molecular weight excluding hydrogens is 722 g/mol. The number of halogens is 2. The maximum atomic E-state index is 14.3. The quantitative estimate of drug-likeness (QED) is 0.226. The van der Waals surface area contributed by atoms with E-state index in [1.165, 1.54) is 10.9 Å². The summed E-state index contributed by atoms with van der Waals surface area (Å²) in [7, 11) is 0. The van der Waals surface area contributed by atoms with Gasteiger partial charge in [0.1, 0.15) is 12.0 Å². The van der Waals surface area contributed by atoms with Gasteiger partial charge in [-0.25, -0.2) is 14.8 Å². The SMILES string of the molecule is CC1Cn2c(c(C(=O)NCc3ccccc3-c3ccncn3)n(-c3ccc(N4CCO[C@H](C)C4)cc3)c2=O)CN1C(=O)c1ccc(Br)c(Cl)c1. The van der Waals surface area contributed by atoms with E-state index < -0.39 is 5.91 Å². The first-order chi connectivity index (χ1) is 24.2. The fourth-order valence-corrected chi connectivity index (χ4v) is 7.08. The van der Waals surface area contributed by atoms with Crippen LogP contribution in [0, 0.1) is 0 Å². The van der Waals surface area contributed by atoms with Gasteiger partial charge in [-0.15, -0.1) is 0 Å². The highest BCUT2D eigenvalue weighted by Gasteiger charge is 2.35. The summed E-state index contributed by atoms with van der Waals surface area (Å²) in [4.78, 5) is 54.8. The standard InChI is InChI=1S/C37H35BrClN7O4/c1-23-19-45-33(21-44(23)36(48)25-7-12-30(38)31(39)17-25)34(35(47)41-18-26-5-3-4-6-29(26)32-13-14-40-22-42-32)46(37(45)49)28-10-8-27(9-11-28)43-15-16-50-24(2)20-43/h3-14,17,22-24H,15-16,18-21H2,1-2H3,(H,41,47)/t23?,24-/m1/s1. The van der Waals surface area contributed by atoms with Gasteiger partial charge in [-0.1, -0.05) is 35.9 Å². The van der Waals surface area contributed by atoms with E-state index in [1.807, 2.05) is 68.4 Å². The number of fused-ring (bicyclic) bond motifs is 1. The molecule has 0 spiro atoms. The van der Waals surface area contributed by atoms with Crippen molar-refractivity contribution in [2.24, 2.45) is 0 Å². The van der Waals surface area contributed by atoms with Crippen LogP contribution in [0.5, 0.6) is 0 Å². The highest BCUT2D eigenvalue weighted by Crippen LogP contribution is 2.29. The first kappa shape index (κ1) is 33.7. The normalized spacial score (nSPS) is 17.4. The predicted octanol–water partition coefficient (Wildman–Crippen LogP) is 5.71. The molecule has 0 bridgehead atoms. The van der Waals surface area contributed by atoms with Crippen molar-refractivity contribution >= 4 is 45.0 Å². The van der Waals surface area contributed by atoms with Gasteiger partial charge in [-0.05, 0) is 83.9 Å². The Balaban J connectivity index is 1.26. The highest BCUT2D eigenvalue weighted by atomic mass is 79.9. The molecule has 1 unspecified atom stereocenters. The Morgan fingerprint density at radius 2 is 1.80 bits per heavy atom. The van der Waals surface area contributed by atoms with Gasteiger partial charge in [0.05, 0.1) is 41.4 Å². The molecule has 2 amide bonds. The molecule has 2 aliphatic heterocycles. The Morgan fingerprint density at radius 1 is 1.02 bits per heavy atom. The number of morpholine rings is 1. The first-order valence-corrected chi connectivity index (χ1v) is 17.6. The minimum Gasteiger partial charge on any atom is -0.375 e. The lowest BCUT2D eigenvalue weighted by Gasteiger charge is -2.34. The van der Waals surface area contributed by atoms with Crippen LogP contribution in [0.4, 0.5) is 5.69 Å². The number of carbonyl (C=O) groups excluding carboxylic acids is 2. The second kappa shape index (κ2) is 14.2. The molecule has 2 aromatic heterocycles. The molecule has 1 N–H and O–H groups in total. The topological polar surface area (TPSA) is 115 Å². The fraction of sp³-hybridized carbons (Fsp3) is 0.270. The van der Waals surface area contributed by atoms with Gasteiger partial charge >= 0.3 is 5.69 Å². The van der Waals surface area contributed by atoms with Crippen LogP contribution in [0.15, 0.2) is 94.6 Å². The number of hydrogen-bond donors (Lipinski definition) is 1. The highest BCUT2D eigenvalue weighted by molar-refractivity contribution is 9.10. The van der Waals surface area contributed by atoms with Crippen molar-refractivity contribution in [2.75, 3.05) is 24.6 Å². The maximum Gasteiger partial charge on any atom is 0.333 e. The van der Waals surface area contributed by atoms with Gasteiger partial charge in [-0.3, -0.25) is 18.7 Å². The molecule has 7 rings (SSSR count). The molecule has 3 aromatic carbocycles. The summed E-state index contributed by atoms with van der Waals surface area (Å²) in [6.07, 6.45) is 3.27. The van der Waals surface area contributed by atoms with Crippen LogP contribution in [-0.4, -0.2) is 67.7 Å². The number of benzene rings is 3. The number of carbonyl (C=O) groups is 2. The molecule has 256 valence electrons. The van der Waals surface area contributed by atoms with E-state index >= 15 is 0 Å². The summed E-state index contributed by atoms with van der Waals surface area (Å²) in [5.41, 5.74) is 4.71. The van der Waals surface area contributed by atoms with Crippen molar-refractivity contribution in [3.8, 4) is 16.9 Å². The molecule has 50 heavy (non-hydrogen) atoms. The fourth-order valence-electron chi connectivity index (χ4n) is 6.66. The zero-order chi connectivity index (χ0) is 34.9. The molecule has 13 heteroatoms. The Bertz CT molecular complexity index is 2120. The third-order valence-electron chi connectivity index (χ3n) is 9.22. The molecule has 1 fully saturated rings. The van der Waals surface area contributed by atoms with Crippen molar-refractivity contribution in [1.82, 2.24) is 29.3 Å². The summed E-state index contributed by atoms with van der Waals surface area (Å²) in [5, 5.41) is 3.48. The third kappa shape index (κ3) is 6.58. The summed E-state index contributed by atoms with van der Waals surface area (Å²) < 4.78 is 9.47. The second-order valence-corrected chi connectivity index (χ2v) is 13.8. The van der Waals surface area contributed by atoms with E-state index in [4.69, 9.17) is 16.3 Å². The van der Waals surface area contributed by atoms with E-state index in [1.54, 1.807) is 33.9 Å². The molecule has 2 aliphatic rings. The zero-order valence-electron chi connectivity index (χ0n) is 27.6. The number of hydrogen-bond acceptors (Lipinski definition) is 7. The largest absolute Gasteiger partial charge is 0.375 e. The van der Waals surface area contributed by atoms with Gasteiger partial charge in [-0.2, -0.15) is 0 Å². The van der Waals surface area contributed by atoms with Crippen LogP contribution in [0.1, 0.15) is 46.0 Å². The van der Waals surface area contributed by atoms with Gasteiger partial charge in [0.2, 0.25) is 0 Å². The number of imidazole rings is 1. The summed E-state index contributed by atoms with van der Waals surface area (Å²) in [6.45, 7) is 6.56. The minimum absolute atomic E-state index is 0.0555. The van der Waals surface area contributed by atoms with Gasteiger partial charge in [0.15, 0.2) is 0 Å². The number of nitrogens with zero attached hydrogens (tertiary/aromatic N) is 6. The van der Waals surface area contributed by atoms with E-state index in [0.717, 1.165) is 35.6 Å². The third-order valence-corrected chi connectivity index (χ3v) is 10.4. The molecular formula is C37H35BrClN7O4. The monoisotopic (exact) mass is 755 g/mol. The number of ether oxygens (including phenoxy) is 1. The van der Waals surface area contributed by atoms with Crippen LogP contribution in [0.25, 0.3) is 16.9 Å². The minimum atomic E-state index is -0.437. The Labute approximate surface area is 302 Å². The van der Waals surface area contributed by atoms with Crippen LogP contribution >= 0.6 is 27.5 Å². The van der Waals surface area contributed by atoms with Crippen LogP contribution < -0.4 is 15.9 Å². The molecule has 11 nitrogen and oxygen atoms in total. The predicted molar refractivity (Wildman–Crippen MR) is 195 cm³/mol. The lowest BCUT2D eigenvalue weighted by atomic mass is 10.0. The average molecular weight is 757 g/mol. The van der Waals surface area contributed by atoms with Crippen LogP contribution in [0.2, 0.25) is 5.02 Å². The Morgan fingerprint density at radius 3 is 2.54 bits per heavy atom. The molecule has 2 atom stereocenters. The number of anilines is 1. The zero-order valence-corrected chi connectivity index (χ0v) is 29.9. The van der Waals surface area contributed by atoms with E-state index in [2.05, 4.69) is 36.1 Å². The van der Waals surface area contributed by atoms with E-state index in [9.17, 15) is 14.4 Å². The molecule has 5 aromatic rings. The van der Waals surface area contributed by atoms with E-state index in [0.29, 0.717) is 33.0 Å². The van der Waals surface area contributed by atoms with Gasteiger partial charge in [0, 0.05) is 59.7 Å². The molecule has 0 radical (unpaired) electrons. The lowest BCUT2D eigenvalue weighted by molar-refractivity contribution is 0.0532. The number of rotatable bonds is 7. The van der Waals surface area contributed by atoms with Gasteiger partial charge in [0.25, 0.3) is 11.8 Å². The van der Waals surface area contributed by atoms with Crippen molar-refractivity contribution in [3.63, 3.8) is 0 Å². The molecule has 1 saturated heterocycles. The second-order valence-electron chi connectivity index (χ2n) is 12.5. The summed E-state index contributed by atoms with van der Waals surface area (Å²) in [5.74, 6) is -0.680. The van der Waals surface area contributed by atoms with Crippen LogP contribution in [-0.2, 0) is 24.4 Å². The number of aromatic nitrogens is 4. The van der Waals surface area contributed by atoms with Crippen molar-refractivity contribution < 1.29 is 14.3 Å². The smallest absolute Gasteiger partial charge is 0.333 e. The van der Waals surface area contributed by atoms with Crippen LogP contribution in [0.3, 0.4) is 0 Å². The molecule has 0 saturated carbocycles. The molecule has 0 aliphatic carbocycles. The number of amides is 2. The number of nitrogens with one attached hydrogen (secondary N) is 1. The summed E-state index contributed by atoms with van der Waals surface area (Å²) >= 11 is 9.73. The Kier molecular flexibility index (Phi) is 9.58. The molecule has 4 heterocycles. The average Bonchev–Trinajstić information content (AvgIpc) is 3.42. The Hall–Kier alpha value is -4.78. The lowest BCUT2D eigenvalue weighted by Crippen LogP contribution is -2.47. The summed E-state index contributed by atoms with van der Waals surface area (Å²) in [6, 6.07) is 21.9. The van der Waals surface area contributed by atoms with Crippen molar-refractivity contribution in [1.29, 1.82) is 0 Å². The first-order valence-electron chi connectivity index (χ1n) is 16.4.